The fourth-order valence-electron chi connectivity index (χ4n) is 0.165. The third kappa shape index (κ3) is 5.82. The average molecular weight is 118 g/mol. The van der Waals surface area contributed by atoms with Gasteiger partial charge in [0.15, 0.2) is 0 Å². The van der Waals surface area contributed by atoms with Gasteiger partial charge in [-0.1, -0.05) is 0 Å². The first-order valence-electron chi connectivity index (χ1n) is 1.89. The maximum absolute atomic E-state index is 9.91. The molecule has 0 spiro atoms. The Balaban J connectivity index is 2.82. The number of hydrogen-bond donors (Lipinski definition) is 1. The van der Waals surface area contributed by atoms with Gasteiger partial charge in [0.2, 0.25) is 5.91 Å². The number of hydrogen-bond acceptors (Lipinski definition) is 2. The lowest BCUT2D eigenvalue weighted by molar-refractivity contribution is -0.114. The van der Waals surface area contributed by atoms with Gasteiger partial charge in [-0.15, -0.1) is 0 Å². The van der Waals surface area contributed by atoms with E-state index < -0.39 is 0 Å². The molecule has 0 rings (SSSR count). The molecule has 2 nitrogen and oxygen atoms in total. The van der Waals surface area contributed by atoms with E-state index in [0.29, 0.717) is 0 Å². The zero-order valence-electron chi connectivity index (χ0n) is 4.18. The van der Waals surface area contributed by atoms with Crippen molar-refractivity contribution in [3.63, 3.8) is 0 Å². The minimum absolute atomic E-state index is 0.339. The molecule has 0 heterocycles. The highest BCUT2D eigenvalue weighted by Crippen LogP contribution is 1.91. The van der Waals surface area contributed by atoms with Gasteiger partial charge < -0.3 is 5.73 Å². The van der Waals surface area contributed by atoms with E-state index in [0.717, 1.165) is 5.75 Å². The van der Waals surface area contributed by atoms with Crippen LogP contribution in [-0.4, -0.2) is 17.9 Å². The first-order chi connectivity index (χ1) is 3.27. The molecule has 0 bridgehead atoms. The molecule has 0 unspecified atom stereocenters. The van der Waals surface area contributed by atoms with E-state index in [2.05, 4.69) is 0 Å². The van der Waals surface area contributed by atoms with Crippen LogP contribution in [0.2, 0.25) is 0 Å². The van der Waals surface area contributed by atoms with Gasteiger partial charge in [0.05, 0.1) is 6.42 Å². The minimum atomic E-state index is -0.339. The van der Waals surface area contributed by atoms with Crippen molar-refractivity contribution >= 4 is 17.7 Å². The van der Waals surface area contributed by atoms with Gasteiger partial charge in [-0.05, 0) is 6.26 Å². The highest BCUT2D eigenvalue weighted by atomic mass is 32.2. The van der Waals surface area contributed by atoms with Crippen molar-refractivity contribution in [1.82, 2.24) is 0 Å². The SMILES string of the molecule is CSC[CH]C(N)=O. The second-order valence-electron chi connectivity index (χ2n) is 1.06. The van der Waals surface area contributed by atoms with Gasteiger partial charge in [-0.25, -0.2) is 0 Å². The van der Waals surface area contributed by atoms with Gasteiger partial charge in [-0.3, -0.25) is 4.79 Å². The van der Waals surface area contributed by atoms with Crippen molar-refractivity contribution in [1.29, 1.82) is 0 Å². The number of amides is 1. The molecule has 1 radical (unpaired) electrons. The fourth-order valence-corrected chi connectivity index (χ4v) is 0.496. The van der Waals surface area contributed by atoms with E-state index in [1.807, 2.05) is 6.26 Å². The quantitative estimate of drug-likeness (QED) is 0.568. The van der Waals surface area contributed by atoms with Crippen LogP contribution in [0, 0.1) is 6.42 Å². The van der Waals surface area contributed by atoms with E-state index in [1.54, 1.807) is 11.8 Å². The van der Waals surface area contributed by atoms with Crippen LogP contribution in [0.1, 0.15) is 0 Å². The van der Waals surface area contributed by atoms with E-state index in [4.69, 9.17) is 5.73 Å². The second kappa shape index (κ2) is 3.99. The Morgan fingerprint density at radius 3 is 2.71 bits per heavy atom. The van der Waals surface area contributed by atoms with Crippen molar-refractivity contribution in [2.45, 2.75) is 0 Å². The number of carbonyl (C=O) groups is 1. The first kappa shape index (κ1) is 6.82. The number of rotatable bonds is 3. The smallest absolute Gasteiger partial charge is 0.222 e. The monoisotopic (exact) mass is 118 g/mol. The summed E-state index contributed by atoms with van der Waals surface area (Å²) in [5.41, 5.74) is 4.77. The number of carbonyl (C=O) groups excluding carboxylic acids is 1. The highest BCUT2D eigenvalue weighted by Gasteiger charge is 1.89. The lowest BCUT2D eigenvalue weighted by Crippen LogP contribution is -2.11. The Morgan fingerprint density at radius 2 is 2.57 bits per heavy atom. The van der Waals surface area contributed by atoms with E-state index in [1.165, 1.54) is 6.42 Å². The summed E-state index contributed by atoms with van der Waals surface area (Å²) in [4.78, 5) is 9.91. The van der Waals surface area contributed by atoms with Crippen LogP contribution in [0.15, 0.2) is 0 Å². The molecule has 0 aromatic rings. The molecule has 1 amide bonds. The van der Waals surface area contributed by atoms with Gasteiger partial charge in [0.25, 0.3) is 0 Å². The molecule has 41 valence electrons. The summed E-state index contributed by atoms with van der Waals surface area (Å²) in [5, 5.41) is 0. The van der Waals surface area contributed by atoms with Crippen molar-refractivity contribution in [2.24, 2.45) is 5.73 Å². The van der Waals surface area contributed by atoms with E-state index in [-0.39, 0.29) is 5.91 Å². The van der Waals surface area contributed by atoms with Crippen LogP contribution in [0.5, 0.6) is 0 Å². The molecule has 0 atom stereocenters. The number of primary amides is 1. The molecular weight excluding hydrogens is 110 g/mol. The summed E-state index contributed by atoms with van der Waals surface area (Å²) in [6.07, 6.45) is 3.37. The Hall–Kier alpha value is -0.180. The van der Waals surface area contributed by atoms with Gasteiger partial charge in [0.1, 0.15) is 0 Å². The van der Waals surface area contributed by atoms with Crippen LogP contribution < -0.4 is 5.73 Å². The second-order valence-corrected chi connectivity index (χ2v) is 1.97. The summed E-state index contributed by atoms with van der Waals surface area (Å²) in [6.45, 7) is 0. The molecule has 2 N–H and O–H groups in total. The molecular formula is C4H8NOS. The standard InChI is InChI=1S/C4H8NOS/c1-7-3-2-4(5)6/h2H,3H2,1H3,(H2,5,6). The Morgan fingerprint density at radius 1 is 2.00 bits per heavy atom. The molecule has 0 saturated carbocycles. The van der Waals surface area contributed by atoms with Crippen LogP contribution in [0.4, 0.5) is 0 Å². The van der Waals surface area contributed by atoms with Crippen LogP contribution >= 0.6 is 11.8 Å². The lowest BCUT2D eigenvalue weighted by atomic mass is 10.5. The normalized spacial score (nSPS) is 8.71. The van der Waals surface area contributed by atoms with Crippen LogP contribution in [-0.2, 0) is 4.79 Å². The lowest BCUT2D eigenvalue weighted by Gasteiger charge is -1.86. The van der Waals surface area contributed by atoms with Crippen molar-refractivity contribution in [3.05, 3.63) is 6.42 Å². The largest absolute Gasteiger partial charge is 0.369 e. The van der Waals surface area contributed by atoms with Gasteiger partial charge >= 0.3 is 0 Å². The molecule has 0 aromatic heterocycles. The minimum Gasteiger partial charge on any atom is -0.369 e. The predicted molar refractivity (Wildman–Crippen MR) is 31.9 cm³/mol. The summed E-state index contributed by atoms with van der Waals surface area (Å²) in [5.74, 6) is 0.379. The third-order valence-electron chi connectivity index (χ3n) is 0.451. The molecule has 0 aliphatic heterocycles. The Kier molecular flexibility index (Phi) is 3.89. The van der Waals surface area contributed by atoms with E-state index in [9.17, 15) is 4.79 Å². The van der Waals surface area contributed by atoms with Crippen molar-refractivity contribution < 1.29 is 4.79 Å². The zero-order chi connectivity index (χ0) is 5.70. The molecule has 0 aliphatic carbocycles. The molecule has 0 aliphatic rings. The van der Waals surface area contributed by atoms with Crippen molar-refractivity contribution in [3.8, 4) is 0 Å². The topological polar surface area (TPSA) is 43.1 Å². The average Bonchev–Trinajstić information content (AvgIpc) is 1.61. The summed E-state index contributed by atoms with van der Waals surface area (Å²) >= 11 is 1.57. The number of thioether (sulfide) groups is 1. The third-order valence-corrected chi connectivity index (χ3v) is 0.951. The molecule has 0 saturated heterocycles. The van der Waals surface area contributed by atoms with Crippen LogP contribution in [0.25, 0.3) is 0 Å². The summed E-state index contributed by atoms with van der Waals surface area (Å²) in [6, 6.07) is 0. The van der Waals surface area contributed by atoms with E-state index >= 15 is 0 Å². The van der Waals surface area contributed by atoms with Crippen LogP contribution in [0.3, 0.4) is 0 Å². The zero-order valence-corrected chi connectivity index (χ0v) is 4.99. The number of nitrogens with two attached hydrogens (primary N) is 1. The Bertz CT molecular complexity index is 64.7. The maximum atomic E-state index is 9.91. The highest BCUT2D eigenvalue weighted by molar-refractivity contribution is 7.98. The maximum Gasteiger partial charge on any atom is 0.222 e. The predicted octanol–water partition coefficient (Wildman–Crippen LogP) is 0.0390. The van der Waals surface area contributed by atoms with Gasteiger partial charge in [-0.2, -0.15) is 11.8 Å². The van der Waals surface area contributed by atoms with Crippen molar-refractivity contribution in [2.75, 3.05) is 12.0 Å². The molecule has 3 heteroatoms. The fraction of sp³-hybridized carbons (Fsp3) is 0.500. The van der Waals surface area contributed by atoms with Gasteiger partial charge in [0, 0.05) is 5.75 Å². The Labute approximate surface area is 47.5 Å². The summed E-state index contributed by atoms with van der Waals surface area (Å²) < 4.78 is 0. The first-order valence-corrected chi connectivity index (χ1v) is 3.28. The molecule has 0 fully saturated rings. The molecule has 0 aromatic carbocycles. The summed E-state index contributed by atoms with van der Waals surface area (Å²) in [7, 11) is 0. The molecule has 7 heavy (non-hydrogen) atoms.